The van der Waals surface area contributed by atoms with E-state index < -0.39 is 0 Å². The molecule has 0 amide bonds. The zero-order valence-corrected chi connectivity index (χ0v) is 13.9. The minimum Gasteiger partial charge on any atom is -0.320 e. The lowest BCUT2D eigenvalue weighted by Crippen LogP contribution is -1.98. The van der Waals surface area contributed by atoms with Gasteiger partial charge in [-0.05, 0) is 36.6 Å². The van der Waals surface area contributed by atoms with E-state index in [1.165, 1.54) is 40.3 Å². The van der Waals surface area contributed by atoms with Crippen LogP contribution in [0, 0.1) is 0 Å². The fraction of sp³-hybridized carbons (Fsp3) is 0.316. The van der Waals surface area contributed by atoms with Gasteiger partial charge in [-0.25, -0.2) is 0 Å². The minimum absolute atomic E-state index is 0.986. The van der Waals surface area contributed by atoms with Crippen LogP contribution in [0.1, 0.15) is 31.0 Å². The molecule has 0 saturated heterocycles. The van der Waals surface area contributed by atoms with Crippen LogP contribution in [-0.4, -0.2) is 15.1 Å². The number of benzene rings is 1. The number of hydrogen-bond donors (Lipinski definition) is 0. The minimum atomic E-state index is 0.986. The molecule has 114 valence electrons. The summed E-state index contributed by atoms with van der Waals surface area (Å²) in [6.07, 6.45) is 10.6. The maximum absolute atomic E-state index is 4.65. The molecular formula is C19H22N2S. The Morgan fingerprint density at radius 2 is 1.91 bits per heavy atom. The lowest BCUT2D eigenvalue weighted by Gasteiger charge is -2.07. The molecule has 1 aromatic carbocycles. The van der Waals surface area contributed by atoms with Gasteiger partial charge in [-0.3, -0.25) is 4.98 Å². The van der Waals surface area contributed by atoms with E-state index in [-0.39, 0.29) is 0 Å². The summed E-state index contributed by atoms with van der Waals surface area (Å²) in [5.74, 6) is 1.18. The molecule has 0 spiro atoms. The van der Waals surface area contributed by atoms with Crippen molar-refractivity contribution in [2.75, 3.05) is 5.75 Å². The maximum Gasteiger partial charge on any atom is 0.0804 e. The van der Waals surface area contributed by atoms with E-state index in [2.05, 4.69) is 58.9 Å². The van der Waals surface area contributed by atoms with Crippen LogP contribution in [0.15, 0.2) is 59.9 Å². The van der Waals surface area contributed by atoms with E-state index in [0.717, 1.165) is 12.8 Å². The predicted molar refractivity (Wildman–Crippen MR) is 94.7 cm³/mol. The molecule has 0 radical (unpaired) electrons. The number of thioether (sulfide) groups is 1. The van der Waals surface area contributed by atoms with Gasteiger partial charge in [0.25, 0.3) is 0 Å². The normalized spacial score (nSPS) is 11.1. The molecule has 2 heterocycles. The Labute approximate surface area is 136 Å². The Morgan fingerprint density at radius 1 is 1.05 bits per heavy atom. The molecule has 0 aliphatic heterocycles. The quantitative estimate of drug-likeness (QED) is 0.451. The molecule has 0 bridgehead atoms. The summed E-state index contributed by atoms with van der Waals surface area (Å²) in [5.41, 5.74) is 3.87. The maximum atomic E-state index is 4.65. The first-order valence-electron chi connectivity index (χ1n) is 7.99. The Bertz CT molecular complexity index is 719. The van der Waals surface area contributed by atoms with Gasteiger partial charge in [0.05, 0.1) is 11.2 Å². The van der Waals surface area contributed by atoms with Gasteiger partial charge in [0.2, 0.25) is 0 Å². The zero-order chi connectivity index (χ0) is 15.2. The van der Waals surface area contributed by atoms with E-state index in [9.17, 15) is 0 Å². The van der Waals surface area contributed by atoms with Crippen LogP contribution in [-0.2, 0) is 12.8 Å². The molecule has 0 aliphatic carbocycles. The van der Waals surface area contributed by atoms with Gasteiger partial charge in [-0.2, -0.15) is 0 Å². The summed E-state index contributed by atoms with van der Waals surface area (Å²) < 4.78 is 2.21. The summed E-state index contributed by atoms with van der Waals surface area (Å²) in [4.78, 5) is 6.01. The fourth-order valence-electron chi connectivity index (χ4n) is 2.63. The van der Waals surface area contributed by atoms with Crippen LogP contribution in [0.4, 0.5) is 0 Å². The third kappa shape index (κ3) is 3.53. The zero-order valence-electron chi connectivity index (χ0n) is 13.0. The second-order valence-electron chi connectivity index (χ2n) is 5.50. The number of rotatable bonds is 7. The van der Waals surface area contributed by atoms with Crippen molar-refractivity contribution in [3.8, 4) is 0 Å². The summed E-state index contributed by atoms with van der Waals surface area (Å²) in [6, 6.07) is 12.9. The number of fused-ring (bicyclic) bond motifs is 1. The number of unbranched alkanes of at least 4 members (excludes halogenated alkanes) is 1. The highest BCUT2D eigenvalue weighted by Crippen LogP contribution is 2.28. The average molecular weight is 310 g/mol. The number of nitrogens with zero attached hydrogens (tertiary/aromatic N) is 2. The standard InChI is InChI=1S/C19H22N2S/c1-2-3-15-22-18-11-13-21-14-12-20-17(19(18)21)10-9-16-7-5-4-6-8-16/h4-8,11-14H,2-3,9-10,15H2,1H3. The molecule has 0 atom stereocenters. The highest BCUT2D eigenvalue weighted by atomic mass is 32.2. The first-order chi connectivity index (χ1) is 10.9. The largest absolute Gasteiger partial charge is 0.320 e. The van der Waals surface area contributed by atoms with Crippen molar-refractivity contribution in [1.29, 1.82) is 0 Å². The van der Waals surface area contributed by atoms with Crippen molar-refractivity contribution in [1.82, 2.24) is 9.38 Å². The third-order valence-electron chi connectivity index (χ3n) is 3.86. The fourth-order valence-corrected chi connectivity index (χ4v) is 3.80. The van der Waals surface area contributed by atoms with Crippen LogP contribution in [0.2, 0.25) is 0 Å². The molecule has 0 fully saturated rings. The smallest absolute Gasteiger partial charge is 0.0804 e. The third-order valence-corrected chi connectivity index (χ3v) is 4.99. The Morgan fingerprint density at radius 3 is 2.73 bits per heavy atom. The molecule has 0 saturated carbocycles. The molecule has 0 aliphatic rings. The number of aromatic nitrogens is 2. The molecular weight excluding hydrogens is 288 g/mol. The van der Waals surface area contributed by atoms with E-state index in [1.54, 1.807) is 0 Å². The van der Waals surface area contributed by atoms with Gasteiger partial charge in [0.1, 0.15) is 0 Å². The van der Waals surface area contributed by atoms with E-state index in [4.69, 9.17) is 0 Å². The van der Waals surface area contributed by atoms with Crippen molar-refractivity contribution >= 4 is 17.3 Å². The van der Waals surface area contributed by atoms with Crippen LogP contribution >= 0.6 is 11.8 Å². The molecule has 22 heavy (non-hydrogen) atoms. The molecule has 3 rings (SSSR count). The molecule has 3 heteroatoms. The molecule has 2 aromatic heterocycles. The van der Waals surface area contributed by atoms with Crippen molar-refractivity contribution in [3.63, 3.8) is 0 Å². The Hall–Kier alpha value is -1.74. The van der Waals surface area contributed by atoms with Gasteiger partial charge >= 0.3 is 0 Å². The van der Waals surface area contributed by atoms with Gasteiger partial charge in [0, 0.05) is 23.5 Å². The van der Waals surface area contributed by atoms with Crippen molar-refractivity contribution in [2.24, 2.45) is 0 Å². The molecule has 0 N–H and O–H groups in total. The van der Waals surface area contributed by atoms with E-state index in [0.29, 0.717) is 0 Å². The lowest BCUT2D eigenvalue weighted by molar-refractivity contribution is 0.894. The number of aryl methyl sites for hydroxylation is 2. The molecule has 2 nitrogen and oxygen atoms in total. The highest BCUT2D eigenvalue weighted by molar-refractivity contribution is 7.99. The summed E-state index contributed by atoms with van der Waals surface area (Å²) >= 11 is 1.96. The molecule has 0 unspecified atom stereocenters. The lowest BCUT2D eigenvalue weighted by atomic mass is 10.1. The van der Waals surface area contributed by atoms with Crippen LogP contribution in [0.25, 0.3) is 5.52 Å². The summed E-state index contributed by atoms with van der Waals surface area (Å²) in [7, 11) is 0. The van der Waals surface area contributed by atoms with Crippen molar-refractivity contribution in [2.45, 2.75) is 37.5 Å². The predicted octanol–water partition coefficient (Wildman–Crippen LogP) is 5.01. The van der Waals surface area contributed by atoms with Crippen LogP contribution < -0.4 is 0 Å². The second-order valence-corrected chi connectivity index (χ2v) is 6.63. The molecule has 3 aromatic rings. The summed E-state index contributed by atoms with van der Waals surface area (Å²) in [5, 5.41) is 0. The Balaban J connectivity index is 1.80. The Kier molecular flexibility index (Phi) is 5.17. The van der Waals surface area contributed by atoms with Crippen LogP contribution in [0.3, 0.4) is 0 Å². The monoisotopic (exact) mass is 310 g/mol. The van der Waals surface area contributed by atoms with Crippen LogP contribution in [0.5, 0.6) is 0 Å². The first-order valence-corrected chi connectivity index (χ1v) is 8.98. The van der Waals surface area contributed by atoms with E-state index in [1.807, 2.05) is 24.2 Å². The topological polar surface area (TPSA) is 17.3 Å². The van der Waals surface area contributed by atoms with Gasteiger partial charge in [-0.15, -0.1) is 11.8 Å². The second kappa shape index (κ2) is 7.50. The average Bonchev–Trinajstić information content (AvgIpc) is 2.98. The summed E-state index contributed by atoms with van der Waals surface area (Å²) in [6.45, 7) is 2.24. The number of hydrogen-bond acceptors (Lipinski definition) is 2. The van der Waals surface area contributed by atoms with Gasteiger partial charge < -0.3 is 4.40 Å². The SMILES string of the molecule is CCCCSc1ccn2ccnc(CCc3ccccc3)c12. The van der Waals surface area contributed by atoms with E-state index >= 15 is 0 Å². The van der Waals surface area contributed by atoms with Crippen molar-refractivity contribution < 1.29 is 0 Å². The highest BCUT2D eigenvalue weighted by Gasteiger charge is 2.09. The van der Waals surface area contributed by atoms with Gasteiger partial charge in [-0.1, -0.05) is 43.7 Å². The first kappa shape index (κ1) is 15.2. The van der Waals surface area contributed by atoms with Gasteiger partial charge in [0.15, 0.2) is 0 Å². The van der Waals surface area contributed by atoms with Crippen molar-refractivity contribution in [3.05, 3.63) is 66.2 Å².